The van der Waals surface area contributed by atoms with E-state index < -0.39 is 24.3 Å². The predicted octanol–water partition coefficient (Wildman–Crippen LogP) is 1.86. The number of esters is 1. The molecule has 0 unspecified atom stereocenters. The number of benzene rings is 1. The number of hydrogen-bond donors (Lipinski definition) is 1. The highest BCUT2D eigenvalue weighted by atomic mass is 35.5. The molecule has 0 aliphatic carbocycles. The van der Waals surface area contributed by atoms with Crippen LogP contribution in [0, 0.1) is 0 Å². The van der Waals surface area contributed by atoms with Crippen LogP contribution >= 0.6 is 11.6 Å². The van der Waals surface area contributed by atoms with Gasteiger partial charge in [0.05, 0.1) is 18.3 Å². The van der Waals surface area contributed by atoms with Gasteiger partial charge in [0.2, 0.25) is 5.91 Å². The molecule has 26 heavy (non-hydrogen) atoms. The molecule has 0 radical (unpaired) electrons. The number of rotatable bonds is 6. The average molecular weight is 382 g/mol. The fourth-order valence-electron chi connectivity index (χ4n) is 2.47. The Morgan fingerprint density at radius 3 is 2.35 bits per heavy atom. The van der Waals surface area contributed by atoms with E-state index in [1.54, 1.807) is 0 Å². The van der Waals surface area contributed by atoms with E-state index in [0.717, 1.165) is 11.0 Å². The number of ether oxygens (including phenoxy) is 1. The van der Waals surface area contributed by atoms with Crippen LogP contribution in [-0.2, 0) is 30.1 Å². The molecule has 1 aliphatic heterocycles. The van der Waals surface area contributed by atoms with Crippen LogP contribution in [0.15, 0.2) is 18.2 Å². The zero-order valence-electron chi connectivity index (χ0n) is 15.8. The SMILES string of the molecule is COC(=O)CNC(=O)CCc1ccc(B2OC(C)(C)C(C)(C)O2)cc1Cl. The van der Waals surface area contributed by atoms with Crippen molar-refractivity contribution in [1.29, 1.82) is 0 Å². The molecule has 1 amide bonds. The summed E-state index contributed by atoms with van der Waals surface area (Å²) in [5.74, 6) is -0.718. The molecule has 6 nitrogen and oxygen atoms in total. The first-order valence-corrected chi connectivity index (χ1v) is 8.91. The largest absolute Gasteiger partial charge is 0.494 e. The van der Waals surface area contributed by atoms with Crippen LogP contribution in [0.4, 0.5) is 0 Å². The zero-order valence-corrected chi connectivity index (χ0v) is 16.6. The third-order valence-corrected chi connectivity index (χ3v) is 5.23. The minimum absolute atomic E-state index is 0.135. The first-order valence-electron chi connectivity index (χ1n) is 8.53. The highest BCUT2D eigenvalue weighted by molar-refractivity contribution is 6.62. The number of carbonyl (C=O) groups excluding carboxylic acids is 2. The maximum Gasteiger partial charge on any atom is 0.494 e. The van der Waals surface area contributed by atoms with Gasteiger partial charge in [-0.25, -0.2) is 0 Å². The Labute approximate surface area is 159 Å². The van der Waals surface area contributed by atoms with Gasteiger partial charge in [-0.2, -0.15) is 0 Å². The first kappa shape index (κ1) is 20.7. The second kappa shape index (κ2) is 7.98. The Hall–Kier alpha value is -1.57. The summed E-state index contributed by atoms with van der Waals surface area (Å²) in [6, 6.07) is 5.58. The normalized spacial score (nSPS) is 17.8. The molecular formula is C18H25BClNO5. The molecule has 0 atom stereocenters. The van der Waals surface area contributed by atoms with Gasteiger partial charge in [0.15, 0.2) is 0 Å². The van der Waals surface area contributed by atoms with Gasteiger partial charge in [-0.1, -0.05) is 23.7 Å². The summed E-state index contributed by atoms with van der Waals surface area (Å²) in [6.45, 7) is 7.85. The van der Waals surface area contributed by atoms with E-state index in [4.69, 9.17) is 20.9 Å². The van der Waals surface area contributed by atoms with E-state index in [-0.39, 0.29) is 18.9 Å². The van der Waals surface area contributed by atoms with Crippen LogP contribution in [0.5, 0.6) is 0 Å². The highest BCUT2D eigenvalue weighted by Crippen LogP contribution is 2.36. The Morgan fingerprint density at radius 1 is 1.19 bits per heavy atom. The van der Waals surface area contributed by atoms with Crippen molar-refractivity contribution in [2.24, 2.45) is 0 Å². The average Bonchev–Trinajstić information content (AvgIpc) is 2.79. The summed E-state index contributed by atoms with van der Waals surface area (Å²) in [4.78, 5) is 22.8. The number of hydrogen-bond acceptors (Lipinski definition) is 5. The second-order valence-corrected chi connectivity index (χ2v) is 7.70. The number of methoxy groups -OCH3 is 1. The smallest absolute Gasteiger partial charge is 0.468 e. The van der Waals surface area contributed by atoms with Crippen molar-refractivity contribution in [3.63, 3.8) is 0 Å². The van der Waals surface area contributed by atoms with E-state index in [9.17, 15) is 9.59 Å². The molecule has 1 aromatic carbocycles. The van der Waals surface area contributed by atoms with E-state index >= 15 is 0 Å². The molecule has 142 valence electrons. The monoisotopic (exact) mass is 381 g/mol. The molecule has 0 spiro atoms. The van der Waals surface area contributed by atoms with Crippen LogP contribution in [-0.4, -0.2) is 43.9 Å². The fraction of sp³-hybridized carbons (Fsp3) is 0.556. The van der Waals surface area contributed by atoms with Crippen LogP contribution < -0.4 is 10.8 Å². The molecule has 2 rings (SSSR count). The van der Waals surface area contributed by atoms with E-state index in [2.05, 4.69) is 10.1 Å². The Balaban J connectivity index is 1.96. The first-order chi connectivity index (χ1) is 12.1. The lowest BCUT2D eigenvalue weighted by molar-refractivity contribution is -0.141. The fourth-order valence-corrected chi connectivity index (χ4v) is 2.76. The molecule has 8 heteroatoms. The summed E-state index contributed by atoms with van der Waals surface area (Å²) < 4.78 is 16.5. The van der Waals surface area contributed by atoms with Gasteiger partial charge >= 0.3 is 13.1 Å². The van der Waals surface area contributed by atoms with E-state index in [1.807, 2.05) is 45.9 Å². The van der Waals surface area contributed by atoms with Gasteiger partial charge in [0.1, 0.15) is 6.54 Å². The lowest BCUT2D eigenvalue weighted by Crippen LogP contribution is -2.41. The van der Waals surface area contributed by atoms with Crippen LogP contribution in [0.25, 0.3) is 0 Å². The van der Waals surface area contributed by atoms with Crippen molar-refractivity contribution in [2.75, 3.05) is 13.7 Å². The van der Waals surface area contributed by atoms with Gasteiger partial charge in [0.25, 0.3) is 0 Å². The Morgan fingerprint density at radius 2 is 1.81 bits per heavy atom. The van der Waals surface area contributed by atoms with Gasteiger partial charge in [0, 0.05) is 11.4 Å². The molecule has 1 aliphatic rings. The second-order valence-electron chi connectivity index (χ2n) is 7.29. The Kier molecular flexibility index (Phi) is 6.37. The maximum absolute atomic E-state index is 11.8. The van der Waals surface area contributed by atoms with Crippen LogP contribution in [0.1, 0.15) is 39.7 Å². The van der Waals surface area contributed by atoms with E-state index in [0.29, 0.717) is 11.4 Å². The van der Waals surface area contributed by atoms with Crippen molar-refractivity contribution in [3.05, 3.63) is 28.8 Å². The lowest BCUT2D eigenvalue weighted by Gasteiger charge is -2.32. The molecule has 1 fully saturated rings. The van der Waals surface area contributed by atoms with Crippen molar-refractivity contribution in [3.8, 4) is 0 Å². The minimum atomic E-state index is -0.483. The molecular weight excluding hydrogens is 356 g/mol. The lowest BCUT2D eigenvalue weighted by atomic mass is 9.78. The van der Waals surface area contributed by atoms with Crippen molar-refractivity contribution < 1.29 is 23.6 Å². The van der Waals surface area contributed by atoms with Crippen LogP contribution in [0.3, 0.4) is 0 Å². The summed E-state index contributed by atoms with van der Waals surface area (Å²) in [7, 11) is 0.797. The molecule has 1 heterocycles. The quantitative estimate of drug-likeness (QED) is 0.601. The van der Waals surface area contributed by atoms with Crippen molar-refractivity contribution in [1.82, 2.24) is 5.32 Å². The zero-order chi connectivity index (χ0) is 19.5. The number of nitrogens with one attached hydrogen (secondary N) is 1. The minimum Gasteiger partial charge on any atom is -0.468 e. The van der Waals surface area contributed by atoms with Gasteiger partial charge < -0.3 is 19.4 Å². The van der Waals surface area contributed by atoms with Gasteiger partial charge in [-0.05, 0) is 51.2 Å². The number of amides is 1. The van der Waals surface area contributed by atoms with E-state index in [1.165, 1.54) is 7.11 Å². The summed E-state index contributed by atoms with van der Waals surface area (Å²) in [5, 5.41) is 3.05. The molecule has 1 saturated heterocycles. The van der Waals surface area contributed by atoms with Gasteiger partial charge in [-0.3, -0.25) is 9.59 Å². The number of aryl methyl sites for hydroxylation is 1. The third-order valence-electron chi connectivity index (χ3n) is 4.88. The molecule has 1 aromatic rings. The van der Waals surface area contributed by atoms with Gasteiger partial charge in [-0.15, -0.1) is 0 Å². The Bertz CT molecular complexity index is 676. The standard InChI is InChI=1S/C18H25BClNO5/c1-17(2)18(3,4)26-19(25-17)13-8-6-12(14(20)10-13)7-9-15(22)21-11-16(23)24-5/h6,8,10H,7,9,11H2,1-5H3,(H,21,22). The van der Waals surface area contributed by atoms with Crippen molar-refractivity contribution >= 4 is 36.1 Å². The predicted molar refractivity (Wildman–Crippen MR) is 101 cm³/mol. The number of halogens is 1. The summed E-state index contributed by atoms with van der Waals surface area (Å²) in [6.07, 6.45) is 0.696. The third kappa shape index (κ3) is 4.78. The molecule has 0 bridgehead atoms. The molecule has 0 saturated carbocycles. The summed E-state index contributed by atoms with van der Waals surface area (Å²) >= 11 is 6.37. The topological polar surface area (TPSA) is 73.9 Å². The highest BCUT2D eigenvalue weighted by Gasteiger charge is 2.51. The maximum atomic E-state index is 11.8. The molecule has 1 N–H and O–H groups in total. The van der Waals surface area contributed by atoms with Crippen LogP contribution in [0.2, 0.25) is 5.02 Å². The summed E-state index contributed by atoms with van der Waals surface area (Å²) in [5.41, 5.74) is 0.855. The number of carbonyl (C=O) groups is 2. The molecule has 0 aromatic heterocycles. The van der Waals surface area contributed by atoms with Crippen molar-refractivity contribution in [2.45, 2.75) is 51.7 Å².